The summed E-state index contributed by atoms with van der Waals surface area (Å²) in [5.41, 5.74) is 3.88. The van der Waals surface area contributed by atoms with Crippen LogP contribution in [-0.2, 0) is 6.61 Å². The number of fused-ring (bicyclic) bond motifs is 1. The van der Waals surface area contributed by atoms with Crippen molar-refractivity contribution < 1.29 is 14.8 Å². The molecule has 4 rings (SSSR count). The van der Waals surface area contributed by atoms with Crippen LogP contribution in [0.5, 0.6) is 5.75 Å². The fourth-order valence-corrected chi connectivity index (χ4v) is 2.99. The van der Waals surface area contributed by atoms with E-state index in [1.165, 1.54) is 0 Å². The first-order chi connectivity index (χ1) is 13.2. The summed E-state index contributed by atoms with van der Waals surface area (Å²) in [5.74, 6) is 0.719. The van der Waals surface area contributed by atoms with Crippen molar-refractivity contribution in [3.8, 4) is 17.0 Å². The maximum atomic E-state index is 9.40. The van der Waals surface area contributed by atoms with Crippen LogP contribution >= 0.6 is 0 Å². The van der Waals surface area contributed by atoms with E-state index in [0.717, 1.165) is 33.5 Å². The average molecular weight is 355 g/mol. The average Bonchev–Trinajstić information content (AvgIpc) is 2.72. The third-order valence-corrected chi connectivity index (χ3v) is 4.40. The van der Waals surface area contributed by atoms with Gasteiger partial charge in [0, 0.05) is 5.39 Å². The maximum Gasteiger partial charge on any atom is 0.488 e. The van der Waals surface area contributed by atoms with Crippen molar-refractivity contribution in [2.75, 3.05) is 0 Å². The molecular formula is C22H18BNO3. The molecule has 27 heavy (non-hydrogen) atoms. The van der Waals surface area contributed by atoms with E-state index in [0.29, 0.717) is 12.1 Å². The standard InChI is InChI=1S/C22H18BNO3/c25-23(26)19-10-4-9-18(14-19)20-13-12-17-8-5-11-21(22(17)24-20)27-15-16-6-2-1-3-7-16/h1-14,25-26H,15H2. The maximum absolute atomic E-state index is 9.40. The van der Waals surface area contributed by atoms with Gasteiger partial charge in [0.05, 0.1) is 5.69 Å². The summed E-state index contributed by atoms with van der Waals surface area (Å²) in [5, 5.41) is 19.8. The van der Waals surface area contributed by atoms with Crippen LogP contribution in [0.25, 0.3) is 22.2 Å². The summed E-state index contributed by atoms with van der Waals surface area (Å²) in [6.07, 6.45) is 0. The van der Waals surface area contributed by atoms with Crippen molar-refractivity contribution in [2.45, 2.75) is 6.61 Å². The molecule has 1 aromatic heterocycles. The Morgan fingerprint density at radius 3 is 2.44 bits per heavy atom. The van der Waals surface area contributed by atoms with Gasteiger partial charge in [-0.15, -0.1) is 0 Å². The molecule has 0 aliphatic heterocycles. The first kappa shape index (κ1) is 17.3. The molecule has 0 fully saturated rings. The van der Waals surface area contributed by atoms with Gasteiger partial charge in [0.25, 0.3) is 0 Å². The van der Waals surface area contributed by atoms with Crippen LogP contribution in [0.4, 0.5) is 0 Å². The van der Waals surface area contributed by atoms with Gasteiger partial charge in [-0.3, -0.25) is 0 Å². The Morgan fingerprint density at radius 1 is 0.815 bits per heavy atom. The Morgan fingerprint density at radius 2 is 1.63 bits per heavy atom. The number of rotatable bonds is 5. The molecule has 2 N–H and O–H groups in total. The lowest BCUT2D eigenvalue weighted by molar-refractivity contribution is 0.309. The zero-order chi connectivity index (χ0) is 18.6. The fourth-order valence-electron chi connectivity index (χ4n) is 2.99. The first-order valence-electron chi connectivity index (χ1n) is 8.74. The van der Waals surface area contributed by atoms with E-state index in [2.05, 4.69) is 0 Å². The predicted molar refractivity (Wildman–Crippen MR) is 108 cm³/mol. The highest BCUT2D eigenvalue weighted by Gasteiger charge is 2.12. The molecule has 0 saturated heterocycles. The Bertz CT molecular complexity index is 1070. The number of ether oxygens (including phenoxy) is 1. The summed E-state index contributed by atoms with van der Waals surface area (Å²) in [7, 11) is -1.50. The van der Waals surface area contributed by atoms with Crippen molar-refractivity contribution in [1.29, 1.82) is 0 Å². The second-order valence-electron chi connectivity index (χ2n) is 6.30. The summed E-state index contributed by atoms with van der Waals surface area (Å²) >= 11 is 0. The van der Waals surface area contributed by atoms with Gasteiger partial charge in [-0.25, -0.2) is 4.98 Å². The van der Waals surface area contributed by atoms with Crippen LogP contribution in [0, 0.1) is 0 Å². The highest BCUT2D eigenvalue weighted by Crippen LogP contribution is 2.27. The Kier molecular flexibility index (Phi) is 4.87. The lowest BCUT2D eigenvalue weighted by atomic mass is 9.79. The molecule has 1 heterocycles. The summed E-state index contributed by atoms with van der Waals surface area (Å²) in [6, 6.07) is 26.9. The molecule has 0 aliphatic rings. The van der Waals surface area contributed by atoms with E-state index in [4.69, 9.17) is 9.72 Å². The number of benzene rings is 3. The van der Waals surface area contributed by atoms with E-state index < -0.39 is 7.12 Å². The first-order valence-corrected chi connectivity index (χ1v) is 8.74. The minimum absolute atomic E-state index is 0.433. The number of pyridine rings is 1. The number of para-hydroxylation sites is 1. The van der Waals surface area contributed by atoms with Gasteiger partial charge in [0.15, 0.2) is 0 Å². The quantitative estimate of drug-likeness (QED) is 0.540. The van der Waals surface area contributed by atoms with Gasteiger partial charge in [-0.1, -0.05) is 72.8 Å². The van der Waals surface area contributed by atoms with Gasteiger partial charge in [0.2, 0.25) is 0 Å². The molecule has 0 spiro atoms. The third kappa shape index (κ3) is 3.84. The monoisotopic (exact) mass is 355 g/mol. The Labute approximate surface area is 157 Å². The van der Waals surface area contributed by atoms with Crippen molar-refractivity contribution in [1.82, 2.24) is 4.98 Å². The van der Waals surface area contributed by atoms with Crippen molar-refractivity contribution in [3.05, 3.63) is 90.5 Å². The topological polar surface area (TPSA) is 62.6 Å². The third-order valence-electron chi connectivity index (χ3n) is 4.40. The van der Waals surface area contributed by atoms with Crippen molar-refractivity contribution in [2.24, 2.45) is 0 Å². The minimum atomic E-state index is -1.50. The van der Waals surface area contributed by atoms with Crippen LogP contribution in [0.15, 0.2) is 84.9 Å². The molecule has 0 bridgehead atoms. The largest absolute Gasteiger partial charge is 0.488 e. The lowest BCUT2D eigenvalue weighted by Gasteiger charge is -2.11. The highest BCUT2D eigenvalue weighted by molar-refractivity contribution is 6.58. The molecular weight excluding hydrogens is 337 g/mol. The van der Waals surface area contributed by atoms with Crippen LogP contribution in [0.1, 0.15) is 5.56 Å². The van der Waals surface area contributed by atoms with Gasteiger partial charge in [-0.2, -0.15) is 0 Å². The molecule has 4 aromatic rings. The second kappa shape index (κ2) is 7.62. The Hall–Kier alpha value is -3.15. The fraction of sp³-hybridized carbons (Fsp3) is 0.0455. The zero-order valence-electron chi connectivity index (χ0n) is 14.6. The predicted octanol–water partition coefficient (Wildman–Crippen LogP) is 3.16. The molecule has 0 atom stereocenters. The Balaban J connectivity index is 1.70. The number of hydrogen-bond donors (Lipinski definition) is 2. The van der Waals surface area contributed by atoms with E-state index in [-0.39, 0.29) is 0 Å². The van der Waals surface area contributed by atoms with E-state index in [1.54, 1.807) is 18.2 Å². The summed E-state index contributed by atoms with van der Waals surface area (Å²) in [6.45, 7) is 0.470. The number of nitrogens with zero attached hydrogens (tertiary/aromatic N) is 1. The lowest BCUT2D eigenvalue weighted by Crippen LogP contribution is -2.29. The highest BCUT2D eigenvalue weighted by atomic mass is 16.5. The smallest absolute Gasteiger partial charge is 0.487 e. The van der Waals surface area contributed by atoms with Gasteiger partial charge < -0.3 is 14.8 Å². The molecule has 0 saturated carbocycles. The van der Waals surface area contributed by atoms with E-state index in [1.807, 2.05) is 66.7 Å². The second-order valence-corrected chi connectivity index (χ2v) is 6.30. The van der Waals surface area contributed by atoms with Crippen LogP contribution in [0.3, 0.4) is 0 Å². The molecule has 0 amide bonds. The molecule has 3 aromatic carbocycles. The van der Waals surface area contributed by atoms with Crippen molar-refractivity contribution >= 4 is 23.5 Å². The van der Waals surface area contributed by atoms with Gasteiger partial charge in [-0.05, 0) is 28.7 Å². The van der Waals surface area contributed by atoms with Gasteiger partial charge in [0.1, 0.15) is 17.9 Å². The van der Waals surface area contributed by atoms with E-state index in [9.17, 15) is 10.0 Å². The normalized spacial score (nSPS) is 10.7. The molecule has 0 radical (unpaired) electrons. The molecule has 132 valence electrons. The van der Waals surface area contributed by atoms with Crippen LogP contribution < -0.4 is 10.2 Å². The van der Waals surface area contributed by atoms with Crippen molar-refractivity contribution in [3.63, 3.8) is 0 Å². The number of aromatic nitrogens is 1. The molecule has 0 unspecified atom stereocenters. The van der Waals surface area contributed by atoms with E-state index >= 15 is 0 Å². The summed E-state index contributed by atoms with van der Waals surface area (Å²) < 4.78 is 6.02. The number of hydrogen-bond acceptors (Lipinski definition) is 4. The SMILES string of the molecule is OB(O)c1cccc(-c2ccc3cccc(OCc4ccccc4)c3n2)c1. The molecule has 0 aliphatic carbocycles. The molecule has 4 nitrogen and oxygen atoms in total. The molecule has 5 heteroatoms. The minimum Gasteiger partial charge on any atom is -0.487 e. The summed E-state index contributed by atoms with van der Waals surface area (Å²) in [4.78, 5) is 4.77. The van der Waals surface area contributed by atoms with Crippen LogP contribution in [0.2, 0.25) is 0 Å². The van der Waals surface area contributed by atoms with Crippen LogP contribution in [-0.4, -0.2) is 22.2 Å². The van der Waals surface area contributed by atoms with Gasteiger partial charge >= 0.3 is 7.12 Å². The zero-order valence-corrected chi connectivity index (χ0v) is 14.6.